The van der Waals surface area contributed by atoms with Gasteiger partial charge in [-0.25, -0.2) is 15.0 Å². The third-order valence-corrected chi connectivity index (χ3v) is 6.59. The molecule has 154 valence electrons. The molecule has 0 spiro atoms. The molecular formula is C21H19F2N5OS. The van der Waals surface area contributed by atoms with Gasteiger partial charge in [-0.1, -0.05) is 0 Å². The van der Waals surface area contributed by atoms with Crippen LogP contribution >= 0.6 is 11.3 Å². The van der Waals surface area contributed by atoms with E-state index in [4.69, 9.17) is 0 Å². The summed E-state index contributed by atoms with van der Waals surface area (Å²) in [6, 6.07) is 6.33. The number of aromatic nitrogens is 3. The third kappa shape index (κ3) is 3.43. The number of halogens is 2. The summed E-state index contributed by atoms with van der Waals surface area (Å²) < 4.78 is 28.3. The van der Waals surface area contributed by atoms with E-state index < -0.39 is 11.9 Å². The van der Waals surface area contributed by atoms with Crippen LogP contribution in [0.4, 0.5) is 20.3 Å². The van der Waals surface area contributed by atoms with Crippen molar-refractivity contribution in [3.05, 3.63) is 52.9 Å². The summed E-state index contributed by atoms with van der Waals surface area (Å²) in [4.78, 5) is 29.2. The number of rotatable bonds is 3. The SMILES string of the molecule is O=C1c2sc(-c3ccc(N4CCCCC4)nc3F)nc2CCN1c1ccnc(F)c1. The molecule has 6 nitrogen and oxygen atoms in total. The summed E-state index contributed by atoms with van der Waals surface area (Å²) in [6.07, 6.45) is 5.21. The van der Waals surface area contributed by atoms with Gasteiger partial charge in [0.05, 0.1) is 16.9 Å². The van der Waals surface area contributed by atoms with Crippen molar-refractivity contribution in [2.75, 3.05) is 29.4 Å². The minimum Gasteiger partial charge on any atom is -0.357 e. The van der Waals surface area contributed by atoms with Gasteiger partial charge in [0.2, 0.25) is 11.9 Å². The lowest BCUT2D eigenvalue weighted by atomic mass is 10.1. The second-order valence-corrected chi connectivity index (χ2v) is 8.39. The Morgan fingerprint density at radius 3 is 2.60 bits per heavy atom. The van der Waals surface area contributed by atoms with Crippen LogP contribution in [0, 0.1) is 11.9 Å². The number of carbonyl (C=O) groups is 1. The van der Waals surface area contributed by atoms with Gasteiger partial charge in [-0.15, -0.1) is 11.3 Å². The normalized spacial score (nSPS) is 16.7. The van der Waals surface area contributed by atoms with Gasteiger partial charge in [0.25, 0.3) is 5.91 Å². The minimum absolute atomic E-state index is 0.260. The minimum atomic E-state index is -0.641. The van der Waals surface area contributed by atoms with Gasteiger partial charge in [-0.05, 0) is 37.5 Å². The number of amides is 1. The zero-order valence-corrected chi connectivity index (χ0v) is 17.0. The highest BCUT2D eigenvalue weighted by atomic mass is 32.1. The van der Waals surface area contributed by atoms with Crippen LogP contribution in [0.25, 0.3) is 10.6 Å². The Hall–Kier alpha value is -2.94. The predicted molar refractivity (Wildman–Crippen MR) is 111 cm³/mol. The van der Waals surface area contributed by atoms with Crippen LogP contribution in [0.15, 0.2) is 30.5 Å². The van der Waals surface area contributed by atoms with Crippen molar-refractivity contribution < 1.29 is 13.6 Å². The van der Waals surface area contributed by atoms with Crippen molar-refractivity contribution >= 4 is 28.7 Å². The molecule has 0 N–H and O–H groups in total. The van der Waals surface area contributed by atoms with E-state index >= 15 is 0 Å². The molecule has 1 amide bonds. The van der Waals surface area contributed by atoms with Gasteiger partial charge in [-0.3, -0.25) is 4.79 Å². The van der Waals surface area contributed by atoms with Gasteiger partial charge in [-0.2, -0.15) is 8.78 Å². The maximum Gasteiger partial charge on any atom is 0.270 e. The largest absolute Gasteiger partial charge is 0.357 e. The molecule has 0 aromatic carbocycles. The highest BCUT2D eigenvalue weighted by Gasteiger charge is 2.30. The van der Waals surface area contributed by atoms with Gasteiger partial charge < -0.3 is 9.80 Å². The summed E-state index contributed by atoms with van der Waals surface area (Å²) in [5, 5.41) is 0.436. The molecule has 0 saturated carbocycles. The Bertz CT molecular complexity index is 1110. The molecule has 2 aliphatic heterocycles. The molecule has 0 radical (unpaired) electrons. The Kier molecular flexibility index (Phi) is 4.90. The number of hydrogen-bond acceptors (Lipinski definition) is 6. The Morgan fingerprint density at radius 1 is 1.00 bits per heavy atom. The van der Waals surface area contributed by atoms with E-state index in [2.05, 4.69) is 19.9 Å². The molecule has 0 unspecified atom stereocenters. The quantitative estimate of drug-likeness (QED) is 0.590. The molecule has 3 aromatic heterocycles. The first-order valence-electron chi connectivity index (χ1n) is 9.95. The molecule has 2 aliphatic rings. The maximum absolute atomic E-state index is 14.8. The maximum atomic E-state index is 14.8. The lowest BCUT2D eigenvalue weighted by Gasteiger charge is -2.27. The summed E-state index contributed by atoms with van der Waals surface area (Å²) in [6.45, 7) is 2.15. The van der Waals surface area contributed by atoms with Crippen molar-refractivity contribution in [1.29, 1.82) is 0 Å². The fourth-order valence-electron chi connectivity index (χ4n) is 3.94. The molecule has 0 atom stereocenters. The molecule has 1 fully saturated rings. The van der Waals surface area contributed by atoms with Gasteiger partial charge in [0.15, 0.2) is 0 Å². The number of fused-ring (bicyclic) bond motifs is 1. The molecule has 0 aliphatic carbocycles. The number of piperidine rings is 1. The van der Waals surface area contributed by atoms with E-state index in [1.807, 2.05) is 6.07 Å². The fourth-order valence-corrected chi connectivity index (χ4v) is 5.01. The fraction of sp³-hybridized carbons (Fsp3) is 0.333. The second-order valence-electron chi connectivity index (χ2n) is 7.39. The zero-order valence-electron chi connectivity index (χ0n) is 16.1. The molecule has 9 heteroatoms. The van der Waals surface area contributed by atoms with Crippen LogP contribution in [-0.4, -0.2) is 40.5 Å². The first-order valence-corrected chi connectivity index (χ1v) is 10.8. The number of carbonyl (C=O) groups excluding carboxylic acids is 1. The number of hydrogen-bond donors (Lipinski definition) is 0. The summed E-state index contributed by atoms with van der Waals surface area (Å²) in [5.74, 6) is -0.842. The first-order chi connectivity index (χ1) is 14.6. The summed E-state index contributed by atoms with van der Waals surface area (Å²) in [7, 11) is 0. The highest BCUT2D eigenvalue weighted by Crippen LogP contribution is 2.35. The van der Waals surface area contributed by atoms with Gasteiger partial charge in [0, 0.05) is 38.3 Å². The van der Waals surface area contributed by atoms with Crippen LogP contribution < -0.4 is 9.80 Å². The zero-order chi connectivity index (χ0) is 20.7. The van der Waals surface area contributed by atoms with E-state index in [-0.39, 0.29) is 5.91 Å². The van der Waals surface area contributed by atoms with Crippen LogP contribution in [0.2, 0.25) is 0 Å². The number of thiazole rings is 1. The van der Waals surface area contributed by atoms with E-state index in [0.29, 0.717) is 45.6 Å². The van der Waals surface area contributed by atoms with Crippen molar-refractivity contribution in [3.8, 4) is 10.6 Å². The van der Waals surface area contributed by atoms with Crippen LogP contribution in [0.5, 0.6) is 0 Å². The molecular weight excluding hydrogens is 408 g/mol. The summed E-state index contributed by atoms with van der Waals surface area (Å²) >= 11 is 1.15. The van der Waals surface area contributed by atoms with Gasteiger partial charge >= 0.3 is 0 Å². The highest BCUT2D eigenvalue weighted by molar-refractivity contribution is 7.17. The van der Waals surface area contributed by atoms with Crippen LogP contribution in [0.3, 0.4) is 0 Å². The third-order valence-electron chi connectivity index (χ3n) is 5.48. The number of anilines is 2. The predicted octanol–water partition coefficient (Wildman–Crippen LogP) is 4.07. The smallest absolute Gasteiger partial charge is 0.270 e. The molecule has 5 rings (SSSR count). The Balaban J connectivity index is 1.43. The molecule has 3 aromatic rings. The molecule has 5 heterocycles. The van der Waals surface area contributed by atoms with Crippen molar-refractivity contribution in [2.45, 2.75) is 25.7 Å². The van der Waals surface area contributed by atoms with E-state index in [9.17, 15) is 13.6 Å². The number of pyridine rings is 2. The average Bonchev–Trinajstić information content (AvgIpc) is 3.19. The monoisotopic (exact) mass is 427 g/mol. The van der Waals surface area contributed by atoms with Crippen LogP contribution in [0.1, 0.15) is 34.6 Å². The van der Waals surface area contributed by atoms with Crippen LogP contribution in [-0.2, 0) is 6.42 Å². The van der Waals surface area contributed by atoms with Crippen molar-refractivity contribution in [3.63, 3.8) is 0 Å². The second kappa shape index (κ2) is 7.71. The summed E-state index contributed by atoms with van der Waals surface area (Å²) in [5.41, 5.74) is 1.39. The van der Waals surface area contributed by atoms with Crippen molar-refractivity contribution in [1.82, 2.24) is 15.0 Å². The lowest BCUT2D eigenvalue weighted by Crippen LogP contribution is -2.37. The average molecular weight is 427 g/mol. The first kappa shape index (κ1) is 19.0. The Labute approximate surface area is 176 Å². The topological polar surface area (TPSA) is 62.2 Å². The molecule has 1 saturated heterocycles. The van der Waals surface area contributed by atoms with Crippen molar-refractivity contribution in [2.24, 2.45) is 0 Å². The van der Waals surface area contributed by atoms with E-state index in [1.54, 1.807) is 12.1 Å². The number of nitrogens with zero attached hydrogens (tertiary/aromatic N) is 5. The molecule has 0 bridgehead atoms. The lowest BCUT2D eigenvalue weighted by molar-refractivity contribution is 0.0984. The molecule has 30 heavy (non-hydrogen) atoms. The van der Waals surface area contributed by atoms with E-state index in [1.165, 1.54) is 23.6 Å². The van der Waals surface area contributed by atoms with E-state index in [0.717, 1.165) is 37.3 Å². The standard InChI is InChI=1S/C21H19F2N5OS/c22-16-12-13(6-8-24-16)28-11-7-15-18(21(28)29)30-20(25-15)14-4-5-17(26-19(14)23)27-9-2-1-3-10-27/h4-6,8,12H,1-3,7,9-11H2. The van der Waals surface area contributed by atoms with Gasteiger partial charge in [0.1, 0.15) is 15.7 Å². The Morgan fingerprint density at radius 2 is 1.83 bits per heavy atom.